The molecule has 0 aromatic rings. The second-order valence-corrected chi connectivity index (χ2v) is 7.49. The van der Waals surface area contributed by atoms with E-state index in [0.717, 1.165) is 19.3 Å². The molecule has 0 aliphatic heterocycles. The van der Waals surface area contributed by atoms with Gasteiger partial charge in [-0.25, -0.2) is 0 Å². The van der Waals surface area contributed by atoms with Gasteiger partial charge in [0.25, 0.3) is 0 Å². The van der Waals surface area contributed by atoms with Gasteiger partial charge in [0, 0.05) is 19.5 Å². The fourth-order valence-corrected chi connectivity index (χ4v) is 2.25. The van der Waals surface area contributed by atoms with Crippen LogP contribution in [0.4, 0.5) is 0 Å². The summed E-state index contributed by atoms with van der Waals surface area (Å²) in [7, 11) is 1.38. The average Bonchev–Trinajstić information content (AvgIpc) is 2.57. The highest BCUT2D eigenvalue weighted by atomic mass is 16.5. The predicted molar refractivity (Wildman–Crippen MR) is 103 cm³/mol. The van der Waals surface area contributed by atoms with E-state index >= 15 is 0 Å². The summed E-state index contributed by atoms with van der Waals surface area (Å²) >= 11 is 0. The zero-order chi connectivity index (χ0) is 19.9. The van der Waals surface area contributed by atoms with E-state index in [2.05, 4.69) is 15.4 Å². The molecule has 0 aromatic carbocycles. The van der Waals surface area contributed by atoms with Crippen LogP contribution in [-0.4, -0.2) is 62.5 Å². The summed E-state index contributed by atoms with van der Waals surface area (Å²) in [6.45, 7) is 10.5. The van der Waals surface area contributed by atoms with Crippen LogP contribution in [0.5, 0.6) is 0 Å². The molecule has 0 aliphatic carbocycles. The summed E-state index contributed by atoms with van der Waals surface area (Å²) in [6.07, 6.45) is 2.83. The maximum Gasteiger partial charge on any atom is 0.305 e. The molecule has 7 nitrogen and oxygen atoms in total. The van der Waals surface area contributed by atoms with Crippen LogP contribution >= 0.6 is 0 Å². The maximum atomic E-state index is 12.1. The van der Waals surface area contributed by atoms with Crippen molar-refractivity contribution in [2.45, 2.75) is 53.4 Å². The third-order valence-electron chi connectivity index (χ3n) is 3.73. The third-order valence-corrected chi connectivity index (χ3v) is 3.73. The molecule has 152 valence electrons. The lowest BCUT2D eigenvalue weighted by molar-refractivity contribution is -0.140. The molecule has 0 saturated carbocycles. The van der Waals surface area contributed by atoms with Gasteiger partial charge in [-0.2, -0.15) is 0 Å². The molecule has 26 heavy (non-hydrogen) atoms. The Morgan fingerprint density at radius 2 is 1.35 bits per heavy atom. The SMILES string of the molecule is COC(=O)CCCCCN(CC(=O)NCC(C)C)CC(=O)NCC(C)C. The number of rotatable bonds is 14. The Morgan fingerprint density at radius 1 is 0.846 bits per heavy atom. The number of unbranched alkanes of at least 4 members (excludes halogenated alkanes) is 2. The molecule has 2 N–H and O–H groups in total. The molecule has 0 saturated heterocycles. The summed E-state index contributed by atoms with van der Waals surface area (Å²) in [4.78, 5) is 37.1. The summed E-state index contributed by atoms with van der Waals surface area (Å²) in [6, 6.07) is 0. The lowest BCUT2D eigenvalue weighted by Crippen LogP contribution is -2.44. The van der Waals surface area contributed by atoms with Gasteiger partial charge in [0.05, 0.1) is 20.2 Å². The van der Waals surface area contributed by atoms with E-state index in [0.29, 0.717) is 37.9 Å². The van der Waals surface area contributed by atoms with Gasteiger partial charge in [-0.05, 0) is 31.2 Å². The first-order valence-electron chi connectivity index (χ1n) is 9.57. The van der Waals surface area contributed by atoms with Crippen LogP contribution in [0.2, 0.25) is 0 Å². The molecule has 0 heterocycles. The number of methoxy groups -OCH3 is 1. The van der Waals surface area contributed by atoms with E-state index in [1.807, 2.05) is 32.6 Å². The smallest absolute Gasteiger partial charge is 0.305 e. The number of amides is 2. The Labute approximate surface area is 158 Å². The minimum atomic E-state index is -0.206. The zero-order valence-corrected chi connectivity index (χ0v) is 17.1. The van der Waals surface area contributed by atoms with Gasteiger partial charge in [0.2, 0.25) is 11.8 Å². The molecule has 0 spiro atoms. The molecule has 0 unspecified atom stereocenters. The Balaban J connectivity index is 4.36. The first kappa shape index (κ1) is 24.4. The van der Waals surface area contributed by atoms with Crippen LogP contribution < -0.4 is 10.6 Å². The van der Waals surface area contributed by atoms with Crippen molar-refractivity contribution in [2.75, 3.05) is 39.8 Å². The number of hydrogen-bond acceptors (Lipinski definition) is 5. The lowest BCUT2D eigenvalue weighted by Gasteiger charge is -2.22. The van der Waals surface area contributed by atoms with Crippen LogP contribution in [0, 0.1) is 11.8 Å². The molecule has 0 bridgehead atoms. The van der Waals surface area contributed by atoms with Crippen molar-refractivity contribution in [1.29, 1.82) is 0 Å². The quantitative estimate of drug-likeness (QED) is 0.357. The number of esters is 1. The first-order valence-corrected chi connectivity index (χ1v) is 9.57. The van der Waals surface area contributed by atoms with Crippen molar-refractivity contribution >= 4 is 17.8 Å². The highest BCUT2D eigenvalue weighted by Gasteiger charge is 2.15. The number of nitrogens with one attached hydrogen (secondary N) is 2. The predicted octanol–water partition coefficient (Wildman–Crippen LogP) is 1.57. The van der Waals surface area contributed by atoms with Gasteiger partial charge >= 0.3 is 5.97 Å². The van der Waals surface area contributed by atoms with Gasteiger partial charge < -0.3 is 15.4 Å². The Bertz CT molecular complexity index is 399. The van der Waals surface area contributed by atoms with Gasteiger partial charge in [-0.15, -0.1) is 0 Å². The number of carbonyl (C=O) groups is 3. The van der Waals surface area contributed by atoms with Crippen molar-refractivity contribution in [3.8, 4) is 0 Å². The monoisotopic (exact) mass is 371 g/mol. The highest BCUT2D eigenvalue weighted by Crippen LogP contribution is 2.03. The Hall–Kier alpha value is -1.63. The van der Waals surface area contributed by atoms with Crippen LogP contribution in [0.3, 0.4) is 0 Å². The third kappa shape index (κ3) is 14.7. The van der Waals surface area contributed by atoms with Crippen LogP contribution in [-0.2, 0) is 19.1 Å². The Morgan fingerprint density at radius 3 is 1.77 bits per heavy atom. The van der Waals surface area contributed by atoms with E-state index < -0.39 is 0 Å². The zero-order valence-electron chi connectivity index (χ0n) is 17.1. The first-order chi connectivity index (χ1) is 12.2. The van der Waals surface area contributed by atoms with Crippen molar-refractivity contribution in [1.82, 2.24) is 15.5 Å². The van der Waals surface area contributed by atoms with Crippen molar-refractivity contribution in [3.05, 3.63) is 0 Å². The number of carbonyl (C=O) groups excluding carboxylic acids is 3. The van der Waals surface area contributed by atoms with Gasteiger partial charge in [-0.3, -0.25) is 19.3 Å². The van der Waals surface area contributed by atoms with E-state index in [-0.39, 0.29) is 30.9 Å². The molecule has 0 fully saturated rings. The fourth-order valence-electron chi connectivity index (χ4n) is 2.25. The number of nitrogens with zero attached hydrogens (tertiary/aromatic N) is 1. The average molecular weight is 372 g/mol. The summed E-state index contributed by atoms with van der Waals surface area (Å²) < 4.78 is 4.62. The highest BCUT2D eigenvalue weighted by molar-refractivity contribution is 5.81. The standard InChI is InChI=1S/C19H37N3O4/c1-15(2)11-20-17(23)13-22(14-18(24)21-12-16(3)4)10-8-6-7-9-19(25)26-5/h15-16H,6-14H2,1-5H3,(H,20,23)(H,21,24). The molecular formula is C19H37N3O4. The van der Waals surface area contributed by atoms with Gasteiger partial charge in [0.1, 0.15) is 0 Å². The van der Waals surface area contributed by atoms with Crippen LogP contribution in [0.25, 0.3) is 0 Å². The van der Waals surface area contributed by atoms with Crippen molar-refractivity contribution < 1.29 is 19.1 Å². The Kier molecular flexibility index (Phi) is 13.6. The topological polar surface area (TPSA) is 87.7 Å². The van der Waals surface area contributed by atoms with E-state index in [1.165, 1.54) is 7.11 Å². The van der Waals surface area contributed by atoms with Crippen molar-refractivity contribution in [3.63, 3.8) is 0 Å². The lowest BCUT2D eigenvalue weighted by atomic mass is 10.2. The minimum Gasteiger partial charge on any atom is -0.469 e. The van der Waals surface area contributed by atoms with Gasteiger partial charge in [-0.1, -0.05) is 34.1 Å². The summed E-state index contributed by atoms with van der Waals surface area (Å²) in [5, 5.41) is 5.77. The van der Waals surface area contributed by atoms with Crippen LogP contribution in [0.1, 0.15) is 53.4 Å². The number of ether oxygens (including phenoxy) is 1. The van der Waals surface area contributed by atoms with E-state index in [1.54, 1.807) is 0 Å². The van der Waals surface area contributed by atoms with E-state index in [9.17, 15) is 14.4 Å². The van der Waals surface area contributed by atoms with Crippen LogP contribution in [0.15, 0.2) is 0 Å². The van der Waals surface area contributed by atoms with Gasteiger partial charge in [0.15, 0.2) is 0 Å². The maximum absolute atomic E-state index is 12.1. The molecule has 7 heteroatoms. The van der Waals surface area contributed by atoms with E-state index in [4.69, 9.17) is 0 Å². The second-order valence-electron chi connectivity index (χ2n) is 7.49. The summed E-state index contributed by atoms with van der Waals surface area (Å²) in [5.74, 6) is 0.443. The number of hydrogen-bond donors (Lipinski definition) is 2. The normalized spacial score (nSPS) is 11.1. The molecule has 0 aliphatic rings. The molecule has 0 aromatic heterocycles. The molecule has 0 rings (SSSR count). The van der Waals surface area contributed by atoms with Crippen molar-refractivity contribution in [2.24, 2.45) is 11.8 Å². The second kappa shape index (κ2) is 14.5. The molecule has 2 amide bonds. The minimum absolute atomic E-state index is 0.0649. The molecular weight excluding hydrogens is 334 g/mol. The molecule has 0 radical (unpaired) electrons. The fraction of sp³-hybridized carbons (Fsp3) is 0.842. The molecule has 0 atom stereocenters. The summed E-state index contributed by atoms with van der Waals surface area (Å²) in [5.41, 5.74) is 0. The largest absolute Gasteiger partial charge is 0.469 e.